The van der Waals surface area contributed by atoms with Gasteiger partial charge in [-0.3, -0.25) is 4.79 Å². The maximum Gasteiger partial charge on any atom is 0.270 e. The topological polar surface area (TPSA) is 102 Å². The molecule has 0 saturated heterocycles. The zero-order valence-electron chi connectivity index (χ0n) is 18.0. The summed E-state index contributed by atoms with van der Waals surface area (Å²) in [6.45, 7) is 0.951. The van der Waals surface area contributed by atoms with Crippen LogP contribution in [0.2, 0.25) is 0 Å². The van der Waals surface area contributed by atoms with Gasteiger partial charge in [-0.05, 0) is 35.9 Å². The lowest BCUT2D eigenvalue weighted by molar-refractivity contribution is 0.0165. The van der Waals surface area contributed by atoms with Gasteiger partial charge in [0.05, 0.1) is 24.7 Å². The number of phenolic OH excluding ortho intramolecular Hbond substituents is 1. The van der Waals surface area contributed by atoms with Crippen LogP contribution in [0, 0.1) is 0 Å². The Morgan fingerprint density at radius 3 is 2.61 bits per heavy atom. The highest BCUT2D eigenvalue weighted by atomic mass is 19.3. The highest BCUT2D eigenvalue weighted by molar-refractivity contribution is 5.96. The number of aromatic hydroxyl groups is 1. The van der Waals surface area contributed by atoms with Gasteiger partial charge in [-0.25, -0.2) is 13.8 Å². The van der Waals surface area contributed by atoms with E-state index >= 15 is 0 Å². The Balaban J connectivity index is 1.83. The second-order valence-corrected chi connectivity index (χ2v) is 7.65. The van der Waals surface area contributed by atoms with Crippen molar-refractivity contribution in [1.82, 2.24) is 9.55 Å². The summed E-state index contributed by atoms with van der Waals surface area (Å²) >= 11 is 0. The average molecular weight is 452 g/mol. The number of carbonyl (C=O) groups excluding carboxylic acids is 1. The first-order chi connectivity index (χ1) is 15.7. The van der Waals surface area contributed by atoms with Gasteiger partial charge >= 0.3 is 0 Å². The summed E-state index contributed by atoms with van der Waals surface area (Å²) in [5.41, 5.74) is 7.60. The van der Waals surface area contributed by atoms with Gasteiger partial charge in [0, 0.05) is 29.8 Å². The lowest BCUT2D eigenvalue weighted by atomic mass is 10.0. The quantitative estimate of drug-likeness (QED) is 0.375. The number of methoxy groups -OCH3 is 1. The number of fused-ring (bicyclic) bond motifs is 1. The summed E-state index contributed by atoms with van der Waals surface area (Å²) < 4.78 is 35.3. The van der Waals surface area contributed by atoms with Crippen molar-refractivity contribution in [2.24, 2.45) is 5.73 Å². The normalized spacial score (nSPS) is 11.5. The number of ether oxygens (including phenoxy) is 1. The third kappa shape index (κ3) is 4.43. The van der Waals surface area contributed by atoms with Crippen LogP contribution in [-0.4, -0.2) is 27.7 Å². The number of phenols is 1. The molecule has 1 amide bonds. The third-order valence-electron chi connectivity index (χ3n) is 5.29. The monoisotopic (exact) mass is 452 g/mol. The summed E-state index contributed by atoms with van der Waals surface area (Å²) in [5, 5.41) is 13.2. The molecule has 1 aromatic heterocycles. The van der Waals surface area contributed by atoms with Crippen molar-refractivity contribution in [1.29, 1.82) is 0 Å². The number of imidazole rings is 1. The average Bonchev–Trinajstić information content (AvgIpc) is 3.09. The number of alkyl halides is 2. The molecule has 9 heteroatoms. The SMILES string of the molecule is COc1ccc(Nc2nc3cc(C(N)=O)ccc3n2Cc2ccccc2C(C)(F)F)cc1O. The molecule has 1 heterocycles. The lowest BCUT2D eigenvalue weighted by Crippen LogP contribution is -2.14. The Kier molecular flexibility index (Phi) is 5.63. The summed E-state index contributed by atoms with van der Waals surface area (Å²) in [4.78, 5) is 16.2. The molecule has 0 unspecified atom stereocenters. The van der Waals surface area contributed by atoms with Gasteiger partial charge in [0.1, 0.15) is 0 Å². The molecule has 0 aliphatic heterocycles. The second kappa shape index (κ2) is 8.42. The number of aromatic nitrogens is 2. The third-order valence-corrected chi connectivity index (χ3v) is 5.29. The van der Waals surface area contributed by atoms with Gasteiger partial charge in [0.25, 0.3) is 5.92 Å². The number of primary amides is 1. The molecule has 0 fully saturated rings. The Bertz CT molecular complexity index is 1350. The van der Waals surface area contributed by atoms with Crippen LogP contribution in [0.25, 0.3) is 11.0 Å². The van der Waals surface area contributed by atoms with E-state index in [0.717, 1.165) is 6.92 Å². The number of hydrogen-bond acceptors (Lipinski definition) is 5. The molecule has 4 aromatic rings. The summed E-state index contributed by atoms with van der Waals surface area (Å²) in [6.07, 6.45) is 0. The number of amides is 1. The summed E-state index contributed by atoms with van der Waals surface area (Å²) in [6, 6.07) is 15.8. The minimum atomic E-state index is -3.03. The number of halogens is 2. The molecule has 0 aliphatic carbocycles. The van der Waals surface area contributed by atoms with Crippen LogP contribution in [0.5, 0.6) is 11.5 Å². The Labute approximate surface area is 188 Å². The number of anilines is 2. The fourth-order valence-electron chi connectivity index (χ4n) is 3.69. The van der Waals surface area contributed by atoms with Crippen molar-refractivity contribution in [3.63, 3.8) is 0 Å². The summed E-state index contributed by atoms with van der Waals surface area (Å²) in [5.74, 6) is -3.06. The molecule has 4 N–H and O–H groups in total. The van der Waals surface area contributed by atoms with Gasteiger partial charge in [-0.15, -0.1) is 0 Å². The molecule has 170 valence electrons. The number of hydrogen-bond donors (Lipinski definition) is 3. The van der Waals surface area contributed by atoms with Crippen LogP contribution in [0.1, 0.15) is 28.4 Å². The van der Waals surface area contributed by atoms with E-state index < -0.39 is 11.8 Å². The summed E-state index contributed by atoms with van der Waals surface area (Å²) in [7, 11) is 1.44. The Morgan fingerprint density at radius 1 is 1.18 bits per heavy atom. The fraction of sp³-hybridized carbons (Fsp3) is 0.167. The zero-order valence-corrected chi connectivity index (χ0v) is 18.0. The molecule has 0 aliphatic rings. The van der Waals surface area contributed by atoms with Crippen molar-refractivity contribution in [3.8, 4) is 11.5 Å². The van der Waals surface area contributed by atoms with Gasteiger partial charge in [-0.1, -0.05) is 24.3 Å². The maximum absolute atomic E-state index is 14.2. The van der Waals surface area contributed by atoms with Crippen LogP contribution in [0.4, 0.5) is 20.4 Å². The maximum atomic E-state index is 14.2. The molecule has 3 aromatic carbocycles. The van der Waals surface area contributed by atoms with E-state index in [0.29, 0.717) is 34.0 Å². The van der Waals surface area contributed by atoms with Crippen molar-refractivity contribution in [2.45, 2.75) is 19.4 Å². The van der Waals surface area contributed by atoms with Crippen LogP contribution in [-0.2, 0) is 12.5 Å². The lowest BCUT2D eigenvalue weighted by Gasteiger charge is -2.18. The number of benzene rings is 3. The minimum Gasteiger partial charge on any atom is -0.504 e. The van der Waals surface area contributed by atoms with E-state index in [2.05, 4.69) is 10.3 Å². The number of carbonyl (C=O) groups is 1. The van der Waals surface area contributed by atoms with Crippen molar-refractivity contribution < 1.29 is 23.4 Å². The molecular formula is C24H22F2N4O3. The van der Waals surface area contributed by atoms with Crippen molar-refractivity contribution >= 4 is 28.6 Å². The molecule has 0 spiro atoms. The van der Waals surface area contributed by atoms with Crippen molar-refractivity contribution in [2.75, 3.05) is 12.4 Å². The molecule has 0 radical (unpaired) electrons. The van der Waals surface area contributed by atoms with Crippen LogP contribution in [0.3, 0.4) is 0 Å². The largest absolute Gasteiger partial charge is 0.504 e. The number of nitrogens with zero attached hydrogens (tertiary/aromatic N) is 2. The van der Waals surface area contributed by atoms with E-state index in [9.17, 15) is 18.7 Å². The highest BCUT2D eigenvalue weighted by Crippen LogP contribution is 2.34. The van der Waals surface area contributed by atoms with Gasteiger partial charge in [-0.2, -0.15) is 0 Å². The van der Waals surface area contributed by atoms with E-state index in [4.69, 9.17) is 10.5 Å². The second-order valence-electron chi connectivity index (χ2n) is 7.65. The minimum absolute atomic E-state index is 0.0721. The first-order valence-corrected chi connectivity index (χ1v) is 10.1. The fourth-order valence-corrected chi connectivity index (χ4v) is 3.69. The molecule has 4 rings (SSSR count). The van der Waals surface area contributed by atoms with E-state index in [1.165, 1.54) is 19.2 Å². The smallest absolute Gasteiger partial charge is 0.270 e. The number of nitrogens with one attached hydrogen (secondary N) is 1. The van der Waals surface area contributed by atoms with Crippen LogP contribution in [0.15, 0.2) is 60.7 Å². The molecule has 0 bridgehead atoms. The van der Waals surface area contributed by atoms with E-state index in [1.807, 2.05) is 0 Å². The zero-order chi connectivity index (χ0) is 23.8. The Morgan fingerprint density at radius 2 is 1.94 bits per heavy atom. The molecular weight excluding hydrogens is 430 g/mol. The first-order valence-electron chi connectivity index (χ1n) is 10.1. The van der Waals surface area contributed by atoms with E-state index in [1.54, 1.807) is 53.1 Å². The molecule has 33 heavy (non-hydrogen) atoms. The standard InChI is InChI=1S/C24H22F2N4O3/c1-24(25,26)17-6-4-3-5-15(17)13-30-19-9-7-14(22(27)32)11-18(19)29-23(30)28-16-8-10-21(33-2)20(31)12-16/h3-12,31H,13H2,1-2H3,(H2,27,32)(H,28,29). The number of rotatable bonds is 7. The molecule has 7 nitrogen and oxygen atoms in total. The van der Waals surface area contributed by atoms with Crippen molar-refractivity contribution in [3.05, 3.63) is 77.4 Å². The van der Waals surface area contributed by atoms with E-state index in [-0.39, 0.29) is 23.4 Å². The molecule has 0 saturated carbocycles. The van der Waals surface area contributed by atoms with Gasteiger partial charge < -0.3 is 25.5 Å². The highest BCUT2D eigenvalue weighted by Gasteiger charge is 2.27. The number of nitrogens with two attached hydrogens (primary N) is 1. The van der Waals surface area contributed by atoms with Gasteiger partial charge in [0.2, 0.25) is 11.9 Å². The Hall–Kier alpha value is -4.14. The predicted octanol–water partition coefficient (Wildman–Crippen LogP) is 4.75. The van der Waals surface area contributed by atoms with Crippen LogP contribution >= 0.6 is 0 Å². The van der Waals surface area contributed by atoms with Crippen LogP contribution < -0.4 is 15.8 Å². The molecule has 0 atom stereocenters. The van der Waals surface area contributed by atoms with Gasteiger partial charge in [0.15, 0.2) is 11.5 Å². The first kappa shape index (κ1) is 22.1. The predicted molar refractivity (Wildman–Crippen MR) is 121 cm³/mol.